The Morgan fingerprint density at radius 1 is 1.33 bits per heavy atom. The van der Waals surface area contributed by atoms with Crippen LogP contribution in [0.5, 0.6) is 0 Å². The Balaban J connectivity index is 2.22. The molecule has 0 aliphatic carbocycles. The second-order valence-electron chi connectivity index (χ2n) is 4.71. The molecule has 0 saturated heterocycles. The second-order valence-corrected chi connectivity index (χ2v) is 5.14. The van der Waals surface area contributed by atoms with E-state index < -0.39 is 0 Å². The van der Waals surface area contributed by atoms with Crippen LogP contribution in [-0.4, -0.2) is 11.0 Å². The molecule has 0 aliphatic rings. The van der Waals surface area contributed by atoms with Gasteiger partial charge in [0.1, 0.15) is 0 Å². The lowest BCUT2D eigenvalue weighted by atomic mass is 10.1. The highest BCUT2D eigenvalue weighted by molar-refractivity contribution is 6.31. The van der Waals surface area contributed by atoms with Crippen LogP contribution in [0.15, 0.2) is 30.5 Å². The molecule has 1 aromatic carbocycles. The minimum atomic E-state index is 0.478. The highest BCUT2D eigenvalue weighted by Gasteiger charge is 2.06. The highest BCUT2D eigenvalue weighted by atomic mass is 35.5. The third kappa shape index (κ3) is 3.14. The number of unbranched alkanes of at least 4 members (excludes halogenated alkanes) is 1. The van der Waals surface area contributed by atoms with Gasteiger partial charge in [-0.15, -0.1) is 0 Å². The Bertz CT molecular complexity index is 525. The smallest absolute Gasteiger partial charge is 0.0737 e. The maximum absolute atomic E-state index is 5.98. The van der Waals surface area contributed by atoms with Crippen molar-refractivity contribution in [1.29, 1.82) is 0 Å². The summed E-state index contributed by atoms with van der Waals surface area (Å²) >= 11 is 5.98. The zero-order valence-electron chi connectivity index (χ0n) is 10.9. The van der Waals surface area contributed by atoms with E-state index in [2.05, 4.69) is 24.1 Å². The average molecular weight is 263 g/mol. The third-order valence-corrected chi connectivity index (χ3v) is 3.33. The van der Waals surface area contributed by atoms with Gasteiger partial charge in [-0.25, -0.2) is 0 Å². The van der Waals surface area contributed by atoms with Gasteiger partial charge in [-0.05, 0) is 37.6 Å². The van der Waals surface area contributed by atoms with Crippen molar-refractivity contribution in [3.8, 4) is 0 Å². The Morgan fingerprint density at radius 2 is 2.17 bits per heavy atom. The fourth-order valence-electron chi connectivity index (χ4n) is 2.10. The number of hydrogen-bond donors (Lipinski definition) is 1. The van der Waals surface area contributed by atoms with Gasteiger partial charge in [0, 0.05) is 28.3 Å². The molecular formula is C15H19ClN2. The van der Waals surface area contributed by atoms with Gasteiger partial charge >= 0.3 is 0 Å². The molecule has 0 radical (unpaired) electrons. The maximum atomic E-state index is 5.98. The minimum Gasteiger partial charge on any atom is -0.382 e. The molecule has 18 heavy (non-hydrogen) atoms. The summed E-state index contributed by atoms with van der Waals surface area (Å²) in [6.45, 7) is 4.44. The van der Waals surface area contributed by atoms with Crippen molar-refractivity contribution >= 4 is 28.2 Å². The summed E-state index contributed by atoms with van der Waals surface area (Å²) in [4.78, 5) is 4.35. The second kappa shape index (κ2) is 6.05. The first-order valence-corrected chi connectivity index (χ1v) is 6.89. The third-order valence-electron chi connectivity index (χ3n) is 3.10. The van der Waals surface area contributed by atoms with Gasteiger partial charge in [-0.1, -0.05) is 31.4 Å². The lowest BCUT2D eigenvalue weighted by Gasteiger charge is -2.16. The van der Waals surface area contributed by atoms with Gasteiger partial charge in [-0.3, -0.25) is 4.98 Å². The van der Waals surface area contributed by atoms with E-state index in [0.29, 0.717) is 6.04 Å². The topological polar surface area (TPSA) is 24.9 Å². The number of benzene rings is 1. The lowest BCUT2D eigenvalue weighted by Crippen LogP contribution is -2.15. The van der Waals surface area contributed by atoms with Crippen LogP contribution in [0.2, 0.25) is 5.02 Å². The van der Waals surface area contributed by atoms with Crippen molar-refractivity contribution in [2.24, 2.45) is 0 Å². The normalized spacial score (nSPS) is 12.6. The number of halogens is 1. The zero-order valence-corrected chi connectivity index (χ0v) is 11.7. The first-order valence-electron chi connectivity index (χ1n) is 6.51. The first-order chi connectivity index (χ1) is 8.70. The summed E-state index contributed by atoms with van der Waals surface area (Å²) in [6.07, 6.45) is 5.50. The van der Waals surface area contributed by atoms with Crippen molar-refractivity contribution in [3.05, 3.63) is 35.5 Å². The van der Waals surface area contributed by atoms with E-state index in [0.717, 1.165) is 21.6 Å². The first kappa shape index (κ1) is 13.2. The Morgan fingerprint density at radius 3 is 2.94 bits per heavy atom. The lowest BCUT2D eigenvalue weighted by molar-refractivity contribution is 0.645. The number of hydrogen-bond acceptors (Lipinski definition) is 2. The van der Waals surface area contributed by atoms with Crippen molar-refractivity contribution in [2.45, 2.75) is 39.2 Å². The fraction of sp³-hybridized carbons (Fsp3) is 0.400. The van der Waals surface area contributed by atoms with Crippen LogP contribution < -0.4 is 5.32 Å². The van der Waals surface area contributed by atoms with Crippen molar-refractivity contribution in [1.82, 2.24) is 4.98 Å². The average Bonchev–Trinajstić information content (AvgIpc) is 2.36. The summed E-state index contributed by atoms with van der Waals surface area (Å²) in [5.41, 5.74) is 2.08. The quantitative estimate of drug-likeness (QED) is 0.831. The van der Waals surface area contributed by atoms with Gasteiger partial charge in [0.15, 0.2) is 0 Å². The van der Waals surface area contributed by atoms with E-state index in [1.54, 1.807) is 0 Å². The van der Waals surface area contributed by atoms with Gasteiger partial charge < -0.3 is 5.32 Å². The van der Waals surface area contributed by atoms with E-state index in [-0.39, 0.29) is 0 Å². The van der Waals surface area contributed by atoms with Crippen LogP contribution in [0.3, 0.4) is 0 Å². The maximum Gasteiger partial charge on any atom is 0.0737 e. The molecule has 0 spiro atoms. The van der Waals surface area contributed by atoms with Crippen molar-refractivity contribution in [3.63, 3.8) is 0 Å². The molecule has 0 unspecified atom stereocenters. The summed E-state index contributed by atoms with van der Waals surface area (Å²) < 4.78 is 0. The van der Waals surface area contributed by atoms with Crippen LogP contribution in [-0.2, 0) is 0 Å². The Kier molecular flexibility index (Phi) is 4.43. The van der Waals surface area contributed by atoms with Gasteiger partial charge in [0.2, 0.25) is 0 Å². The molecule has 1 N–H and O–H groups in total. The number of nitrogens with zero attached hydrogens (tertiary/aromatic N) is 1. The predicted molar refractivity (Wildman–Crippen MR) is 79.4 cm³/mol. The summed E-state index contributed by atoms with van der Waals surface area (Å²) in [6, 6.07) is 8.34. The van der Waals surface area contributed by atoms with E-state index >= 15 is 0 Å². The number of nitrogens with one attached hydrogen (secondary N) is 1. The monoisotopic (exact) mass is 262 g/mol. The summed E-state index contributed by atoms with van der Waals surface area (Å²) in [7, 11) is 0. The molecule has 96 valence electrons. The molecule has 0 saturated carbocycles. The SMILES string of the molecule is CCCC[C@@H](C)Nc1ccnc2cc(Cl)ccc12. The molecule has 2 rings (SSSR count). The Labute approximate surface area is 113 Å². The minimum absolute atomic E-state index is 0.478. The summed E-state index contributed by atoms with van der Waals surface area (Å²) in [5, 5.41) is 5.41. The van der Waals surface area contributed by atoms with Crippen LogP contribution in [0.4, 0.5) is 5.69 Å². The number of anilines is 1. The number of pyridine rings is 1. The molecular weight excluding hydrogens is 244 g/mol. The van der Waals surface area contributed by atoms with Gasteiger partial charge in [0.05, 0.1) is 5.52 Å². The molecule has 1 aromatic heterocycles. The van der Waals surface area contributed by atoms with E-state index in [4.69, 9.17) is 11.6 Å². The highest BCUT2D eigenvalue weighted by Crippen LogP contribution is 2.25. The molecule has 0 aliphatic heterocycles. The van der Waals surface area contributed by atoms with E-state index in [1.165, 1.54) is 19.3 Å². The van der Waals surface area contributed by atoms with Crippen LogP contribution >= 0.6 is 11.6 Å². The van der Waals surface area contributed by atoms with Crippen LogP contribution in [0, 0.1) is 0 Å². The van der Waals surface area contributed by atoms with Crippen LogP contribution in [0.25, 0.3) is 10.9 Å². The van der Waals surface area contributed by atoms with Crippen molar-refractivity contribution in [2.75, 3.05) is 5.32 Å². The fourth-order valence-corrected chi connectivity index (χ4v) is 2.26. The van der Waals surface area contributed by atoms with Crippen LogP contribution in [0.1, 0.15) is 33.1 Å². The molecule has 1 heterocycles. The molecule has 1 atom stereocenters. The predicted octanol–water partition coefficient (Wildman–Crippen LogP) is 4.88. The van der Waals surface area contributed by atoms with Crippen molar-refractivity contribution < 1.29 is 0 Å². The molecule has 0 amide bonds. The molecule has 3 heteroatoms. The molecule has 0 fully saturated rings. The van der Waals surface area contributed by atoms with E-state index in [1.807, 2.05) is 30.5 Å². The van der Waals surface area contributed by atoms with Gasteiger partial charge in [0.25, 0.3) is 0 Å². The largest absolute Gasteiger partial charge is 0.382 e. The number of fused-ring (bicyclic) bond motifs is 1. The molecule has 2 nitrogen and oxygen atoms in total. The standard InChI is InChI=1S/C15H19ClN2/c1-3-4-5-11(2)18-14-8-9-17-15-10-12(16)6-7-13(14)15/h6-11H,3-5H2,1-2H3,(H,17,18)/t11-/m1/s1. The number of rotatable bonds is 5. The molecule has 2 aromatic rings. The number of aromatic nitrogens is 1. The van der Waals surface area contributed by atoms with Gasteiger partial charge in [-0.2, -0.15) is 0 Å². The summed E-state index contributed by atoms with van der Waals surface area (Å²) in [5.74, 6) is 0. The molecule has 0 bridgehead atoms. The van der Waals surface area contributed by atoms with E-state index in [9.17, 15) is 0 Å². The zero-order chi connectivity index (χ0) is 13.0. The Hall–Kier alpha value is -1.28.